The molecule has 0 fully saturated rings. The van der Waals surface area contributed by atoms with Crippen LogP contribution < -0.4 is 4.74 Å². The number of aromatic carboxylic acids is 1. The molecule has 0 atom stereocenters. The molecule has 2 aromatic rings. The topological polar surface area (TPSA) is 49.8 Å². The van der Waals surface area contributed by atoms with Crippen molar-refractivity contribution in [2.24, 2.45) is 0 Å². The number of carboxylic acids is 1. The van der Waals surface area contributed by atoms with Crippen LogP contribution in [0.15, 0.2) is 30.3 Å². The van der Waals surface area contributed by atoms with E-state index in [1.165, 1.54) is 0 Å². The first kappa shape index (κ1) is 14.3. The van der Waals surface area contributed by atoms with Gasteiger partial charge in [-0.25, -0.2) is 4.79 Å². The molecule has 20 heavy (non-hydrogen) atoms. The summed E-state index contributed by atoms with van der Waals surface area (Å²) in [6.45, 7) is 1.79. The molecule has 4 nitrogen and oxygen atoms in total. The van der Waals surface area contributed by atoms with Crippen molar-refractivity contribution >= 4 is 34.1 Å². The van der Waals surface area contributed by atoms with E-state index in [4.69, 9.17) is 22.1 Å². The number of aryl methyl sites for hydroxylation is 1. The number of thiocarbonyl (C=S) groups is 1. The second-order valence-electron chi connectivity index (χ2n) is 4.69. The lowest BCUT2D eigenvalue weighted by Crippen LogP contribution is -2.24. The molecule has 2 rings (SSSR count). The molecule has 0 aliphatic rings. The van der Waals surface area contributed by atoms with Crippen LogP contribution in [0.25, 0.3) is 10.8 Å². The highest BCUT2D eigenvalue weighted by Gasteiger charge is 2.11. The third kappa shape index (κ3) is 2.72. The van der Waals surface area contributed by atoms with E-state index in [-0.39, 0.29) is 0 Å². The smallest absolute Gasteiger partial charge is 0.335 e. The van der Waals surface area contributed by atoms with E-state index in [2.05, 4.69) is 0 Å². The minimum absolute atomic E-state index is 0.296. The van der Waals surface area contributed by atoms with Gasteiger partial charge in [0.05, 0.1) is 5.56 Å². The Morgan fingerprint density at radius 2 is 1.90 bits per heavy atom. The third-order valence-corrected chi connectivity index (χ3v) is 3.51. The summed E-state index contributed by atoms with van der Waals surface area (Å²) in [5.74, 6) is -0.332. The SMILES string of the molecule is Cc1c(C(=O)O)ccc2ccc(OC(=S)N(C)C)cc12. The Hall–Kier alpha value is -2.14. The first-order valence-corrected chi connectivity index (χ1v) is 6.47. The Kier molecular flexibility index (Phi) is 3.90. The summed E-state index contributed by atoms with van der Waals surface area (Å²) in [6, 6.07) is 8.93. The van der Waals surface area contributed by atoms with E-state index in [9.17, 15) is 4.79 Å². The Bertz CT molecular complexity index is 695. The van der Waals surface area contributed by atoms with E-state index in [1.807, 2.05) is 18.2 Å². The van der Waals surface area contributed by atoms with Crippen LogP contribution in [0.3, 0.4) is 0 Å². The Labute approximate surface area is 122 Å². The lowest BCUT2D eigenvalue weighted by Gasteiger charge is -2.15. The zero-order valence-electron chi connectivity index (χ0n) is 11.5. The van der Waals surface area contributed by atoms with E-state index in [0.29, 0.717) is 16.5 Å². The number of nitrogens with zero attached hydrogens (tertiary/aromatic N) is 1. The second kappa shape index (κ2) is 5.46. The minimum atomic E-state index is -0.931. The first-order chi connectivity index (χ1) is 9.40. The van der Waals surface area contributed by atoms with Crippen molar-refractivity contribution < 1.29 is 14.6 Å². The molecule has 0 amide bonds. The van der Waals surface area contributed by atoms with E-state index in [0.717, 1.165) is 16.3 Å². The van der Waals surface area contributed by atoms with Crippen molar-refractivity contribution in [1.82, 2.24) is 4.90 Å². The molecule has 104 valence electrons. The number of carbonyl (C=O) groups is 1. The van der Waals surface area contributed by atoms with Crippen LogP contribution in [0.4, 0.5) is 0 Å². The van der Waals surface area contributed by atoms with E-state index < -0.39 is 5.97 Å². The Morgan fingerprint density at radius 1 is 1.25 bits per heavy atom. The van der Waals surface area contributed by atoms with Crippen molar-refractivity contribution in [2.75, 3.05) is 14.1 Å². The van der Waals surface area contributed by atoms with Gasteiger partial charge in [0.1, 0.15) is 5.75 Å². The average molecular weight is 289 g/mol. The van der Waals surface area contributed by atoms with Crippen LogP contribution in [0.1, 0.15) is 15.9 Å². The lowest BCUT2D eigenvalue weighted by atomic mass is 10.00. The molecule has 0 saturated heterocycles. The second-order valence-corrected chi connectivity index (χ2v) is 5.04. The van der Waals surface area contributed by atoms with Gasteiger partial charge in [0.2, 0.25) is 0 Å². The molecule has 0 unspecified atom stereocenters. The van der Waals surface area contributed by atoms with Crippen LogP contribution in [-0.2, 0) is 0 Å². The zero-order chi connectivity index (χ0) is 14.9. The molecule has 0 aliphatic heterocycles. The number of benzene rings is 2. The Morgan fingerprint density at radius 3 is 2.50 bits per heavy atom. The highest BCUT2D eigenvalue weighted by molar-refractivity contribution is 7.80. The number of hydrogen-bond acceptors (Lipinski definition) is 3. The fraction of sp³-hybridized carbons (Fsp3) is 0.200. The van der Waals surface area contributed by atoms with Crippen LogP contribution in [0.2, 0.25) is 0 Å². The lowest BCUT2D eigenvalue weighted by molar-refractivity contribution is 0.0696. The third-order valence-electron chi connectivity index (χ3n) is 3.06. The summed E-state index contributed by atoms with van der Waals surface area (Å²) in [6.07, 6.45) is 0. The van der Waals surface area contributed by atoms with E-state index in [1.54, 1.807) is 38.1 Å². The van der Waals surface area contributed by atoms with Gasteiger partial charge in [0.25, 0.3) is 5.17 Å². The van der Waals surface area contributed by atoms with Gasteiger partial charge in [-0.1, -0.05) is 12.1 Å². The van der Waals surface area contributed by atoms with Crippen LogP contribution >= 0.6 is 12.2 Å². The number of carboxylic acid groups (broad SMARTS) is 1. The molecular weight excluding hydrogens is 274 g/mol. The van der Waals surface area contributed by atoms with Crippen LogP contribution in [-0.4, -0.2) is 35.2 Å². The van der Waals surface area contributed by atoms with Crippen molar-refractivity contribution in [3.63, 3.8) is 0 Å². The average Bonchev–Trinajstić information content (AvgIpc) is 2.39. The molecule has 2 aromatic carbocycles. The highest BCUT2D eigenvalue weighted by Crippen LogP contribution is 2.26. The number of hydrogen-bond donors (Lipinski definition) is 1. The maximum absolute atomic E-state index is 11.2. The van der Waals surface area contributed by atoms with Crippen LogP contribution in [0.5, 0.6) is 5.75 Å². The standard InChI is InChI=1S/C15H15NO3S/c1-9-12(14(17)18)7-5-10-4-6-11(8-13(9)10)19-15(20)16(2)3/h4-8H,1-3H3,(H,17,18). The van der Waals surface area contributed by atoms with E-state index >= 15 is 0 Å². The number of fused-ring (bicyclic) bond motifs is 1. The summed E-state index contributed by atoms with van der Waals surface area (Å²) in [5.41, 5.74) is 1.01. The molecule has 0 aliphatic carbocycles. The van der Waals surface area contributed by atoms with Crippen LogP contribution in [0, 0.1) is 6.92 Å². The molecule has 0 spiro atoms. The quantitative estimate of drug-likeness (QED) is 0.861. The monoisotopic (exact) mass is 289 g/mol. The zero-order valence-corrected chi connectivity index (χ0v) is 12.3. The summed E-state index contributed by atoms with van der Waals surface area (Å²) in [5, 5.41) is 11.3. The number of rotatable bonds is 2. The molecule has 1 N–H and O–H groups in total. The normalized spacial score (nSPS) is 10.3. The molecule has 5 heteroatoms. The summed E-state index contributed by atoms with van der Waals surface area (Å²) in [7, 11) is 3.61. The molecule has 0 heterocycles. The van der Waals surface area contributed by atoms with Crippen molar-refractivity contribution in [2.45, 2.75) is 6.92 Å². The van der Waals surface area contributed by atoms with Gasteiger partial charge < -0.3 is 14.7 Å². The van der Waals surface area contributed by atoms with Crippen molar-refractivity contribution in [3.05, 3.63) is 41.5 Å². The van der Waals surface area contributed by atoms with Gasteiger partial charge in [0.15, 0.2) is 0 Å². The van der Waals surface area contributed by atoms with Crippen molar-refractivity contribution in [3.8, 4) is 5.75 Å². The summed E-state index contributed by atoms with van der Waals surface area (Å²) < 4.78 is 5.55. The molecule has 0 aromatic heterocycles. The molecule has 0 radical (unpaired) electrons. The van der Waals surface area contributed by atoms with Gasteiger partial charge in [-0.15, -0.1) is 0 Å². The number of ether oxygens (including phenoxy) is 1. The largest absolute Gasteiger partial charge is 0.478 e. The molecule has 0 saturated carbocycles. The predicted octanol–water partition coefficient (Wildman–Crippen LogP) is 3.07. The van der Waals surface area contributed by atoms with Gasteiger partial charge in [-0.05, 0) is 53.7 Å². The minimum Gasteiger partial charge on any atom is -0.478 e. The fourth-order valence-electron chi connectivity index (χ4n) is 1.94. The van der Waals surface area contributed by atoms with Gasteiger partial charge in [0, 0.05) is 14.1 Å². The maximum Gasteiger partial charge on any atom is 0.335 e. The first-order valence-electron chi connectivity index (χ1n) is 6.06. The fourth-order valence-corrected chi connectivity index (χ4v) is 2.03. The maximum atomic E-state index is 11.2. The molecular formula is C15H15NO3S. The Balaban J connectivity index is 2.49. The summed E-state index contributed by atoms with van der Waals surface area (Å²) >= 11 is 5.09. The molecule has 0 bridgehead atoms. The van der Waals surface area contributed by atoms with Crippen molar-refractivity contribution in [1.29, 1.82) is 0 Å². The summed E-state index contributed by atoms with van der Waals surface area (Å²) in [4.78, 5) is 12.9. The predicted molar refractivity (Wildman–Crippen MR) is 82.6 cm³/mol. The highest BCUT2D eigenvalue weighted by atomic mass is 32.1. The van der Waals surface area contributed by atoms with Gasteiger partial charge >= 0.3 is 5.97 Å². The van der Waals surface area contributed by atoms with Gasteiger partial charge in [-0.2, -0.15) is 0 Å². The van der Waals surface area contributed by atoms with Gasteiger partial charge in [-0.3, -0.25) is 0 Å².